The van der Waals surface area contributed by atoms with Crippen LogP contribution in [0.5, 0.6) is 0 Å². The summed E-state index contributed by atoms with van der Waals surface area (Å²) in [5, 5.41) is 9.16. The number of nitrogens with two attached hydrogens (primary N) is 2. The molecular weight excluding hydrogens is 251 g/mol. The smallest absolute Gasteiger partial charge is 0.280 e. The Balaban J connectivity index is 2.48. The fraction of sp³-hybridized carbons (Fsp3) is 0.444. The second-order valence-corrected chi connectivity index (χ2v) is 3.87. The number of nitrogen functional groups attached to an aromatic ring is 2. The van der Waals surface area contributed by atoms with Crippen molar-refractivity contribution < 1.29 is 18.3 Å². The molecule has 0 fully saturated rings. The largest absolute Gasteiger partial charge is 0.380 e. The minimum Gasteiger partial charge on any atom is -0.380 e. The summed E-state index contributed by atoms with van der Waals surface area (Å²) < 4.78 is 39.8. The van der Waals surface area contributed by atoms with E-state index in [1.807, 2.05) is 0 Å². The van der Waals surface area contributed by atoms with Crippen molar-refractivity contribution in [3.8, 4) is 0 Å². The first-order chi connectivity index (χ1) is 8.31. The summed E-state index contributed by atoms with van der Waals surface area (Å²) in [7, 11) is 0. The molecule has 0 aromatic carbocycles. The van der Waals surface area contributed by atoms with E-state index in [2.05, 4.69) is 15.0 Å². The topological polar surface area (TPSA) is 111 Å². The van der Waals surface area contributed by atoms with Crippen LogP contribution in [0.15, 0.2) is 5.83 Å². The maximum atomic E-state index is 13.7. The number of hydrogen-bond donors (Lipinski definition) is 3. The second kappa shape index (κ2) is 4.09. The number of aliphatic hydroxyl groups excluding tert-OH is 1. The second-order valence-electron chi connectivity index (χ2n) is 3.87. The van der Waals surface area contributed by atoms with Crippen molar-refractivity contribution in [1.82, 2.24) is 15.0 Å². The highest BCUT2D eigenvalue weighted by molar-refractivity contribution is 5.65. The van der Waals surface area contributed by atoms with Gasteiger partial charge in [0.1, 0.15) is 5.83 Å². The molecule has 1 unspecified atom stereocenters. The maximum absolute atomic E-state index is 13.7. The van der Waals surface area contributed by atoms with Crippen molar-refractivity contribution in [1.29, 1.82) is 0 Å². The third-order valence-corrected chi connectivity index (χ3v) is 2.58. The summed E-state index contributed by atoms with van der Waals surface area (Å²) >= 11 is 0. The van der Waals surface area contributed by atoms with Gasteiger partial charge >= 0.3 is 0 Å². The molecule has 18 heavy (non-hydrogen) atoms. The number of alkyl halides is 2. The van der Waals surface area contributed by atoms with Crippen molar-refractivity contribution in [2.24, 2.45) is 0 Å². The molecular formula is C9H10F3N5O. The number of anilines is 2. The third-order valence-electron chi connectivity index (χ3n) is 2.58. The molecule has 0 spiro atoms. The van der Waals surface area contributed by atoms with Crippen LogP contribution >= 0.6 is 0 Å². The summed E-state index contributed by atoms with van der Waals surface area (Å²) in [4.78, 5) is 10.7. The Labute approximate surface area is 99.6 Å². The van der Waals surface area contributed by atoms with Gasteiger partial charge in [0.2, 0.25) is 11.9 Å². The molecule has 0 aliphatic heterocycles. The molecule has 1 aromatic heterocycles. The van der Waals surface area contributed by atoms with Gasteiger partial charge in [-0.2, -0.15) is 15.0 Å². The summed E-state index contributed by atoms with van der Waals surface area (Å²) in [5.74, 6) is -5.59. The van der Waals surface area contributed by atoms with Crippen LogP contribution in [0.1, 0.15) is 18.7 Å². The molecule has 0 bridgehead atoms. The molecule has 1 aliphatic rings. The molecule has 6 nitrogen and oxygen atoms in total. The van der Waals surface area contributed by atoms with E-state index in [9.17, 15) is 13.2 Å². The highest BCUT2D eigenvalue weighted by Gasteiger charge is 2.46. The average molecular weight is 261 g/mol. The number of hydrogen-bond acceptors (Lipinski definition) is 6. The zero-order valence-electron chi connectivity index (χ0n) is 9.07. The van der Waals surface area contributed by atoms with Crippen LogP contribution in [0.25, 0.3) is 5.57 Å². The lowest BCUT2D eigenvalue weighted by atomic mass is 9.92. The molecule has 0 saturated heterocycles. The van der Waals surface area contributed by atoms with E-state index < -0.39 is 24.3 Å². The van der Waals surface area contributed by atoms with Crippen LogP contribution < -0.4 is 11.5 Å². The number of rotatable bonds is 1. The van der Waals surface area contributed by atoms with Gasteiger partial charge in [0.05, 0.1) is 0 Å². The molecule has 9 heteroatoms. The highest BCUT2D eigenvalue weighted by atomic mass is 19.3. The quantitative estimate of drug-likeness (QED) is 0.679. The van der Waals surface area contributed by atoms with Gasteiger partial charge in [-0.25, -0.2) is 13.2 Å². The molecule has 1 atom stereocenters. The van der Waals surface area contributed by atoms with Crippen LogP contribution in [0.3, 0.4) is 0 Å². The number of aromatic nitrogens is 3. The Morgan fingerprint density at radius 3 is 2.28 bits per heavy atom. The summed E-state index contributed by atoms with van der Waals surface area (Å²) in [6, 6.07) is 0. The Morgan fingerprint density at radius 1 is 1.17 bits per heavy atom. The minimum atomic E-state index is -3.50. The van der Waals surface area contributed by atoms with Gasteiger partial charge < -0.3 is 16.6 Å². The minimum absolute atomic E-state index is 0.228. The lowest BCUT2D eigenvalue weighted by Crippen LogP contribution is -2.37. The molecule has 5 N–H and O–H groups in total. The van der Waals surface area contributed by atoms with E-state index in [0.29, 0.717) is 0 Å². The third kappa shape index (κ3) is 2.08. The number of halogens is 3. The molecule has 98 valence electrons. The van der Waals surface area contributed by atoms with Crippen molar-refractivity contribution in [3.05, 3.63) is 11.7 Å². The Kier molecular flexibility index (Phi) is 2.85. The zero-order chi connectivity index (χ0) is 13.5. The molecule has 0 saturated carbocycles. The van der Waals surface area contributed by atoms with Crippen molar-refractivity contribution in [3.63, 3.8) is 0 Å². The van der Waals surface area contributed by atoms with E-state index >= 15 is 0 Å². The lowest BCUT2D eigenvalue weighted by Gasteiger charge is -2.27. The first kappa shape index (κ1) is 12.6. The van der Waals surface area contributed by atoms with Crippen molar-refractivity contribution in [2.75, 3.05) is 11.5 Å². The zero-order valence-corrected chi connectivity index (χ0v) is 9.07. The number of nitrogens with zero attached hydrogens (tertiary/aromatic N) is 3. The fourth-order valence-corrected chi connectivity index (χ4v) is 1.66. The molecule has 0 radical (unpaired) electrons. The van der Waals surface area contributed by atoms with Crippen LogP contribution in [-0.4, -0.2) is 32.1 Å². The van der Waals surface area contributed by atoms with Gasteiger partial charge in [0, 0.05) is 12.0 Å². The normalized spacial score (nSPS) is 23.2. The molecule has 2 rings (SSSR count). The summed E-state index contributed by atoms with van der Waals surface area (Å²) in [6.07, 6.45) is -3.53. The highest BCUT2D eigenvalue weighted by Crippen LogP contribution is 2.40. The Morgan fingerprint density at radius 2 is 1.72 bits per heavy atom. The van der Waals surface area contributed by atoms with Gasteiger partial charge in [-0.05, 0) is 6.42 Å². The van der Waals surface area contributed by atoms with Crippen LogP contribution in [0.4, 0.5) is 25.1 Å². The van der Waals surface area contributed by atoms with Gasteiger partial charge in [0.25, 0.3) is 5.92 Å². The van der Waals surface area contributed by atoms with Crippen molar-refractivity contribution in [2.45, 2.75) is 24.9 Å². The lowest BCUT2D eigenvalue weighted by molar-refractivity contribution is -0.107. The number of allylic oxidation sites excluding steroid dienone is 1. The molecule has 0 amide bonds. The predicted molar refractivity (Wildman–Crippen MR) is 56.9 cm³/mol. The van der Waals surface area contributed by atoms with Crippen LogP contribution in [0.2, 0.25) is 0 Å². The van der Waals surface area contributed by atoms with Crippen molar-refractivity contribution >= 4 is 17.5 Å². The van der Waals surface area contributed by atoms with Gasteiger partial charge in [-0.15, -0.1) is 0 Å². The van der Waals surface area contributed by atoms with Gasteiger partial charge in [-0.3, -0.25) is 0 Å². The Bertz CT molecular complexity index is 499. The molecule has 1 aliphatic carbocycles. The fourth-order valence-electron chi connectivity index (χ4n) is 1.66. The van der Waals surface area contributed by atoms with E-state index in [0.717, 1.165) is 0 Å². The van der Waals surface area contributed by atoms with E-state index in [4.69, 9.17) is 16.6 Å². The van der Waals surface area contributed by atoms with Gasteiger partial charge in [-0.1, -0.05) is 0 Å². The first-order valence-corrected chi connectivity index (χ1v) is 5.03. The molecule has 1 aromatic rings. The molecule has 1 heterocycles. The van der Waals surface area contributed by atoms with E-state index in [1.54, 1.807) is 0 Å². The summed E-state index contributed by atoms with van der Waals surface area (Å²) in [5.41, 5.74) is 10.4. The van der Waals surface area contributed by atoms with Crippen LogP contribution in [0, 0.1) is 0 Å². The summed E-state index contributed by atoms with van der Waals surface area (Å²) in [6.45, 7) is 0. The standard InChI is InChI=1S/C9H10F3N5O/c10-4-3(1-2-9(11,12)5(4)18)6-15-7(13)17-8(14)16-6/h5,18H,1-2H2,(H4,13,14,15,16,17). The maximum Gasteiger partial charge on any atom is 0.280 e. The SMILES string of the molecule is Nc1nc(N)nc(C2=C(F)C(O)C(F)(F)CC2)n1. The average Bonchev–Trinajstić information content (AvgIpc) is 2.25. The van der Waals surface area contributed by atoms with Crippen LogP contribution in [-0.2, 0) is 0 Å². The first-order valence-electron chi connectivity index (χ1n) is 5.03. The monoisotopic (exact) mass is 261 g/mol. The van der Waals surface area contributed by atoms with E-state index in [1.165, 1.54) is 0 Å². The van der Waals surface area contributed by atoms with E-state index in [-0.39, 0.29) is 29.7 Å². The van der Waals surface area contributed by atoms with Gasteiger partial charge in [0.15, 0.2) is 11.9 Å². The predicted octanol–water partition coefficient (Wildman–Crippen LogP) is 0.507. The Hall–Kier alpha value is -1.90. The number of aliphatic hydroxyl groups is 1.